The summed E-state index contributed by atoms with van der Waals surface area (Å²) in [6, 6.07) is 34.3. The molecule has 1 heteroatoms. The summed E-state index contributed by atoms with van der Waals surface area (Å²) in [6.45, 7) is 0. The molecule has 126 valence electrons. The van der Waals surface area contributed by atoms with Crippen LogP contribution in [0.4, 0.5) is 0 Å². The lowest BCUT2D eigenvalue weighted by Gasteiger charge is -2.10. The quantitative estimate of drug-likeness (QED) is 0.280. The topological polar surface area (TPSA) is 13.1 Å². The van der Waals surface area contributed by atoms with Crippen molar-refractivity contribution < 1.29 is 4.42 Å². The van der Waals surface area contributed by atoms with E-state index in [9.17, 15) is 0 Å². The van der Waals surface area contributed by atoms with Gasteiger partial charge in [0.15, 0.2) is 0 Å². The summed E-state index contributed by atoms with van der Waals surface area (Å²) in [5, 5.41) is 7.48. The monoisotopic (exact) mass is 344 g/mol. The first-order valence-electron chi connectivity index (χ1n) is 9.21. The van der Waals surface area contributed by atoms with Crippen LogP contribution in [0.15, 0.2) is 101 Å². The summed E-state index contributed by atoms with van der Waals surface area (Å²) in [5.74, 6) is 0. The zero-order valence-electron chi connectivity index (χ0n) is 14.6. The lowest BCUT2D eigenvalue weighted by atomic mass is 9.94. The Morgan fingerprint density at radius 3 is 2.19 bits per heavy atom. The predicted octanol–water partition coefficient (Wildman–Crippen LogP) is 7.56. The van der Waals surface area contributed by atoms with E-state index in [0.29, 0.717) is 0 Å². The molecule has 6 aromatic rings. The molecule has 0 aliphatic carbocycles. The van der Waals surface area contributed by atoms with Crippen molar-refractivity contribution in [1.29, 1.82) is 0 Å². The van der Waals surface area contributed by atoms with E-state index in [2.05, 4.69) is 84.9 Å². The minimum absolute atomic E-state index is 0.936. The van der Waals surface area contributed by atoms with Crippen LogP contribution in [-0.4, -0.2) is 0 Å². The number of rotatable bonds is 1. The highest BCUT2D eigenvalue weighted by molar-refractivity contribution is 6.13. The SMILES string of the molecule is c1ccc2c(c1)ccc1c(-c3ccc4oc5ccccc5c4c3)cccc12. The second-order valence-corrected chi connectivity index (χ2v) is 7.00. The standard InChI is InChI=1S/C26H16O/c1-2-7-19-17(6-1)12-14-22-20(9-5-10-21(19)22)18-13-15-26-24(16-18)23-8-3-4-11-25(23)27-26/h1-16H. The molecule has 0 saturated carbocycles. The maximum atomic E-state index is 5.99. The third kappa shape index (κ3) is 2.12. The van der Waals surface area contributed by atoms with E-state index in [1.165, 1.54) is 43.4 Å². The van der Waals surface area contributed by atoms with E-state index < -0.39 is 0 Å². The number of furan rings is 1. The molecule has 0 bridgehead atoms. The van der Waals surface area contributed by atoms with Gasteiger partial charge in [-0.15, -0.1) is 0 Å². The van der Waals surface area contributed by atoms with E-state index >= 15 is 0 Å². The highest BCUT2D eigenvalue weighted by atomic mass is 16.3. The van der Waals surface area contributed by atoms with Gasteiger partial charge < -0.3 is 4.42 Å². The molecule has 0 amide bonds. The molecule has 0 fully saturated rings. The fraction of sp³-hybridized carbons (Fsp3) is 0. The molecule has 0 aliphatic rings. The van der Waals surface area contributed by atoms with E-state index in [1.54, 1.807) is 0 Å². The van der Waals surface area contributed by atoms with Gasteiger partial charge in [0.05, 0.1) is 0 Å². The number of hydrogen-bond donors (Lipinski definition) is 0. The molecule has 1 heterocycles. The zero-order valence-corrected chi connectivity index (χ0v) is 14.6. The Morgan fingerprint density at radius 1 is 0.444 bits per heavy atom. The fourth-order valence-electron chi connectivity index (χ4n) is 4.19. The van der Waals surface area contributed by atoms with E-state index in [0.717, 1.165) is 11.2 Å². The van der Waals surface area contributed by atoms with Gasteiger partial charge in [0.25, 0.3) is 0 Å². The zero-order chi connectivity index (χ0) is 17.8. The lowest BCUT2D eigenvalue weighted by molar-refractivity contribution is 0.669. The minimum Gasteiger partial charge on any atom is -0.456 e. The molecule has 0 spiro atoms. The molecular weight excluding hydrogens is 328 g/mol. The Morgan fingerprint density at radius 2 is 1.22 bits per heavy atom. The van der Waals surface area contributed by atoms with Crippen molar-refractivity contribution in [3.8, 4) is 11.1 Å². The van der Waals surface area contributed by atoms with Gasteiger partial charge in [-0.3, -0.25) is 0 Å². The average molecular weight is 344 g/mol. The molecular formula is C26H16O. The number of para-hydroxylation sites is 1. The minimum atomic E-state index is 0.936. The van der Waals surface area contributed by atoms with Crippen molar-refractivity contribution in [1.82, 2.24) is 0 Å². The van der Waals surface area contributed by atoms with Crippen LogP contribution in [-0.2, 0) is 0 Å². The van der Waals surface area contributed by atoms with E-state index in [4.69, 9.17) is 4.42 Å². The third-order valence-electron chi connectivity index (χ3n) is 5.47. The van der Waals surface area contributed by atoms with Crippen molar-refractivity contribution in [2.75, 3.05) is 0 Å². The van der Waals surface area contributed by atoms with Crippen LogP contribution in [0.2, 0.25) is 0 Å². The molecule has 0 atom stereocenters. The fourth-order valence-corrected chi connectivity index (χ4v) is 4.19. The Balaban J connectivity index is 1.67. The number of benzene rings is 5. The van der Waals surface area contributed by atoms with Gasteiger partial charge in [-0.05, 0) is 50.9 Å². The average Bonchev–Trinajstić information content (AvgIpc) is 3.11. The van der Waals surface area contributed by atoms with Crippen LogP contribution >= 0.6 is 0 Å². The largest absolute Gasteiger partial charge is 0.456 e. The van der Waals surface area contributed by atoms with Crippen molar-refractivity contribution in [3.05, 3.63) is 97.1 Å². The van der Waals surface area contributed by atoms with Crippen molar-refractivity contribution in [3.63, 3.8) is 0 Å². The van der Waals surface area contributed by atoms with Crippen molar-refractivity contribution in [2.45, 2.75) is 0 Å². The number of hydrogen-bond acceptors (Lipinski definition) is 1. The maximum absolute atomic E-state index is 5.99. The van der Waals surface area contributed by atoms with Crippen molar-refractivity contribution >= 4 is 43.5 Å². The highest BCUT2D eigenvalue weighted by Gasteiger charge is 2.10. The molecule has 0 radical (unpaired) electrons. The Kier molecular flexibility index (Phi) is 2.95. The molecule has 1 nitrogen and oxygen atoms in total. The predicted molar refractivity (Wildman–Crippen MR) is 114 cm³/mol. The van der Waals surface area contributed by atoms with Crippen LogP contribution in [0.5, 0.6) is 0 Å². The molecule has 0 saturated heterocycles. The second kappa shape index (κ2) is 5.46. The van der Waals surface area contributed by atoms with Crippen molar-refractivity contribution in [2.24, 2.45) is 0 Å². The summed E-state index contributed by atoms with van der Waals surface area (Å²) < 4.78 is 5.99. The first kappa shape index (κ1) is 14.6. The third-order valence-corrected chi connectivity index (χ3v) is 5.47. The smallest absolute Gasteiger partial charge is 0.135 e. The van der Waals surface area contributed by atoms with Gasteiger partial charge in [0.2, 0.25) is 0 Å². The lowest BCUT2D eigenvalue weighted by Crippen LogP contribution is -1.83. The summed E-state index contributed by atoms with van der Waals surface area (Å²) in [5.41, 5.74) is 4.35. The Hall–Kier alpha value is -3.58. The van der Waals surface area contributed by atoms with Crippen LogP contribution in [0, 0.1) is 0 Å². The van der Waals surface area contributed by atoms with Gasteiger partial charge in [0.1, 0.15) is 11.2 Å². The normalized spacial score (nSPS) is 11.7. The molecule has 6 rings (SSSR count). The maximum Gasteiger partial charge on any atom is 0.135 e. The van der Waals surface area contributed by atoms with Gasteiger partial charge in [0, 0.05) is 10.8 Å². The molecule has 0 unspecified atom stereocenters. The second-order valence-electron chi connectivity index (χ2n) is 7.00. The first-order chi connectivity index (χ1) is 13.4. The van der Waals surface area contributed by atoms with Gasteiger partial charge in [-0.25, -0.2) is 0 Å². The van der Waals surface area contributed by atoms with Gasteiger partial charge in [-0.2, -0.15) is 0 Å². The number of fused-ring (bicyclic) bond motifs is 6. The molecule has 0 N–H and O–H groups in total. The van der Waals surface area contributed by atoms with Gasteiger partial charge in [-0.1, -0.05) is 78.9 Å². The first-order valence-corrected chi connectivity index (χ1v) is 9.21. The van der Waals surface area contributed by atoms with Crippen LogP contribution in [0.1, 0.15) is 0 Å². The summed E-state index contributed by atoms with van der Waals surface area (Å²) in [4.78, 5) is 0. The van der Waals surface area contributed by atoms with Crippen LogP contribution < -0.4 is 0 Å². The summed E-state index contributed by atoms with van der Waals surface area (Å²) >= 11 is 0. The highest BCUT2D eigenvalue weighted by Crippen LogP contribution is 2.36. The Bertz CT molecular complexity index is 1470. The van der Waals surface area contributed by atoms with Crippen LogP contribution in [0.25, 0.3) is 54.6 Å². The molecule has 0 aliphatic heterocycles. The molecule has 1 aromatic heterocycles. The van der Waals surface area contributed by atoms with E-state index in [1.807, 2.05) is 12.1 Å². The summed E-state index contributed by atoms with van der Waals surface area (Å²) in [7, 11) is 0. The van der Waals surface area contributed by atoms with Crippen LogP contribution in [0.3, 0.4) is 0 Å². The molecule has 27 heavy (non-hydrogen) atoms. The van der Waals surface area contributed by atoms with Gasteiger partial charge >= 0.3 is 0 Å². The summed E-state index contributed by atoms with van der Waals surface area (Å²) in [6.07, 6.45) is 0. The van der Waals surface area contributed by atoms with E-state index in [-0.39, 0.29) is 0 Å². The molecule has 5 aromatic carbocycles. The Labute approximate surface area is 156 Å².